The van der Waals surface area contributed by atoms with Crippen molar-refractivity contribution >= 4 is 57.3 Å². The van der Waals surface area contributed by atoms with E-state index < -0.39 is 5.97 Å². The number of halogens is 1. The van der Waals surface area contributed by atoms with E-state index in [9.17, 15) is 14.0 Å². The van der Waals surface area contributed by atoms with Gasteiger partial charge >= 0.3 is 5.97 Å². The summed E-state index contributed by atoms with van der Waals surface area (Å²) in [6, 6.07) is 6.15. The monoisotopic (exact) mass is 455 g/mol. The second-order valence-electron chi connectivity index (χ2n) is 5.93. The molecule has 1 aromatic carbocycles. The number of anilines is 1. The number of amides is 1. The zero-order valence-electron chi connectivity index (χ0n) is 16.3. The highest BCUT2D eigenvalue weighted by Crippen LogP contribution is 2.33. The van der Waals surface area contributed by atoms with Crippen LogP contribution in [0.3, 0.4) is 0 Å². The highest BCUT2D eigenvalue weighted by Gasteiger charge is 2.22. The van der Waals surface area contributed by atoms with Crippen molar-refractivity contribution in [2.45, 2.75) is 26.0 Å². The fourth-order valence-corrected chi connectivity index (χ4v) is 4.69. The highest BCUT2D eigenvalue weighted by molar-refractivity contribution is 7.99. The minimum Gasteiger partial charge on any atom is -0.465 e. The van der Waals surface area contributed by atoms with Gasteiger partial charge in [-0.05, 0) is 48.8 Å². The van der Waals surface area contributed by atoms with Gasteiger partial charge in [0.2, 0.25) is 5.91 Å². The number of hydrogen-bond acceptors (Lipinski definition) is 6. The van der Waals surface area contributed by atoms with Gasteiger partial charge < -0.3 is 10.1 Å². The van der Waals surface area contributed by atoms with Crippen LogP contribution in [0.4, 0.5) is 9.39 Å². The lowest BCUT2D eigenvalue weighted by Crippen LogP contribution is -2.44. The molecule has 0 fully saturated rings. The van der Waals surface area contributed by atoms with E-state index in [-0.39, 0.29) is 22.6 Å². The molecule has 0 aliphatic heterocycles. The first-order chi connectivity index (χ1) is 13.8. The Labute approximate surface area is 182 Å². The molecule has 0 unspecified atom stereocenters. The van der Waals surface area contributed by atoms with Gasteiger partial charge in [-0.2, -0.15) is 0 Å². The number of thioether (sulfide) groups is 1. The summed E-state index contributed by atoms with van der Waals surface area (Å²) >= 11 is 8.00. The number of nitrogens with one attached hydrogen (secondary N) is 3. The van der Waals surface area contributed by atoms with E-state index in [1.807, 2.05) is 13.8 Å². The van der Waals surface area contributed by atoms with Crippen LogP contribution >= 0.6 is 35.3 Å². The van der Waals surface area contributed by atoms with E-state index in [0.29, 0.717) is 22.7 Å². The third-order valence-corrected chi connectivity index (χ3v) is 6.18. The number of aryl methyl sites for hydroxylation is 1. The Bertz CT molecular complexity index is 885. The summed E-state index contributed by atoms with van der Waals surface area (Å²) in [7, 11) is 1.33. The molecule has 156 valence electrons. The van der Waals surface area contributed by atoms with Crippen molar-refractivity contribution < 1.29 is 18.7 Å². The van der Waals surface area contributed by atoms with Crippen LogP contribution in [0.5, 0.6) is 0 Å². The molecule has 1 heterocycles. The first kappa shape index (κ1) is 23.1. The van der Waals surface area contributed by atoms with Crippen molar-refractivity contribution in [1.82, 2.24) is 10.9 Å². The number of hydrazine groups is 1. The Kier molecular flexibility index (Phi) is 8.87. The molecule has 1 amide bonds. The number of carbonyl (C=O) groups is 2. The first-order valence-corrected chi connectivity index (χ1v) is 11.1. The van der Waals surface area contributed by atoms with Crippen LogP contribution in [0.2, 0.25) is 0 Å². The van der Waals surface area contributed by atoms with Crippen LogP contribution in [-0.4, -0.2) is 29.9 Å². The lowest BCUT2D eigenvalue weighted by molar-refractivity contribution is -0.119. The van der Waals surface area contributed by atoms with Crippen LogP contribution in [-0.2, 0) is 21.7 Å². The molecule has 0 aliphatic rings. The lowest BCUT2D eigenvalue weighted by Gasteiger charge is -2.12. The van der Waals surface area contributed by atoms with Crippen LogP contribution in [0, 0.1) is 12.7 Å². The molecule has 0 saturated carbocycles. The smallest absolute Gasteiger partial charge is 0.341 e. The molecule has 10 heteroatoms. The fourth-order valence-electron chi connectivity index (χ4n) is 2.55. The minimum atomic E-state index is -0.433. The largest absolute Gasteiger partial charge is 0.465 e. The molecular weight excluding hydrogens is 433 g/mol. The molecule has 2 aromatic rings. The number of esters is 1. The Balaban J connectivity index is 1.83. The van der Waals surface area contributed by atoms with Crippen LogP contribution in [0.25, 0.3) is 0 Å². The number of carbonyl (C=O) groups excluding carboxylic acids is 2. The Morgan fingerprint density at radius 1 is 1.24 bits per heavy atom. The number of thiocarbonyl (C=S) groups is 1. The summed E-state index contributed by atoms with van der Waals surface area (Å²) in [5.41, 5.74) is 7.45. The average Bonchev–Trinajstić information content (AvgIpc) is 3.02. The molecule has 2 rings (SSSR count). The Morgan fingerprint density at radius 3 is 2.55 bits per heavy atom. The van der Waals surface area contributed by atoms with Gasteiger partial charge in [-0.25, -0.2) is 9.18 Å². The lowest BCUT2D eigenvalue weighted by atomic mass is 10.1. The summed E-state index contributed by atoms with van der Waals surface area (Å²) < 4.78 is 17.8. The molecule has 3 N–H and O–H groups in total. The number of thiophene rings is 1. The molecule has 0 atom stereocenters. The Morgan fingerprint density at radius 2 is 1.93 bits per heavy atom. The first-order valence-electron chi connectivity index (χ1n) is 8.74. The number of rotatable bonds is 7. The fraction of sp³-hybridized carbons (Fsp3) is 0.316. The summed E-state index contributed by atoms with van der Waals surface area (Å²) in [4.78, 5) is 25.1. The van der Waals surface area contributed by atoms with Gasteiger partial charge in [0.1, 0.15) is 10.8 Å². The molecule has 0 radical (unpaired) electrons. The predicted octanol–water partition coefficient (Wildman–Crippen LogP) is 3.80. The SMILES string of the molecule is CCc1c(C)sc(NC(=S)NNC(=O)CSCc2ccc(F)cc2)c1C(=O)OC. The molecule has 6 nitrogen and oxygen atoms in total. The third kappa shape index (κ3) is 6.69. The van der Waals surface area contributed by atoms with Crippen molar-refractivity contribution in [3.8, 4) is 0 Å². The Hall–Kier alpha value is -2.17. The van der Waals surface area contributed by atoms with E-state index in [2.05, 4.69) is 16.2 Å². The van der Waals surface area contributed by atoms with Gasteiger partial charge in [0.15, 0.2) is 5.11 Å². The van der Waals surface area contributed by atoms with Gasteiger partial charge in [0.25, 0.3) is 0 Å². The normalized spacial score (nSPS) is 10.3. The minimum absolute atomic E-state index is 0.163. The zero-order chi connectivity index (χ0) is 21.4. The predicted molar refractivity (Wildman–Crippen MR) is 120 cm³/mol. The summed E-state index contributed by atoms with van der Waals surface area (Å²) in [6.45, 7) is 3.89. The van der Waals surface area contributed by atoms with Crippen molar-refractivity contribution in [2.75, 3.05) is 18.2 Å². The van der Waals surface area contributed by atoms with Crippen molar-refractivity contribution in [3.63, 3.8) is 0 Å². The molecule has 29 heavy (non-hydrogen) atoms. The number of benzene rings is 1. The standard InChI is InChI=1S/C19H22FN3O3S3/c1-4-14-11(2)29-17(16(14)18(25)26-3)21-19(27)23-22-15(24)10-28-9-12-5-7-13(20)8-6-12/h5-8H,4,9-10H2,1-3H3,(H,22,24)(H2,21,23,27). The van der Waals surface area contributed by atoms with E-state index >= 15 is 0 Å². The van der Waals surface area contributed by atoms with Gasteiger partial charge in [-0.1, -0.05) is 19.1 Å². The topological polar surface area (TPSA) is 79.5 Å². The van der Waals surface area contributed by atoms with E-state index in [1.54, 1.807) is 12.1 Å². The maximum Gasteiger partial charge on any atom is 0.341 e. The van der Waals surface area contributed by atoms with Crippen molar-refractivity contribution in [3.05, 3.63) is 51.7 Å². The second-order valence-corrected chi connectivity index (χ2v) is 8.55. The third-order valence-electron chi connectivity index (χ3n) is 3.91. The molecule has 0 bridgehead atoms. The summed E-state index contributed by atoms with van der Waals surface area (Å²) in [5, 5.41) is 3.68. The van der Waals surface area contributed by atoms with Gasteiger partial charge in [-0.15, -0.1) is 23.1 Å². The summed E-state index contributed by atoms with van der Waals surface area (Å²) in [5.74, 6) is -0.182. The van der Waals surface area contributed by atoms with Gasteiger partial charge in [-0.3, -0.25) is 15.6 Å². The van der Waals surface area contributed by atoms with Crippen molar-refractivity contribution in [2.24, 2.45) is 0 Å². The highest BCUT2D eigenvalue weighted by atomic mass is 32.2. The van der Waals surface area contributed by atoms with Crippen molar-refractivity contribution in [1.29, 1.82) is 0 Å². The quantitative estimate of drug-likeness (QED) is 0.333. The number of hydrogen-bond donors (Lipinski definition) is 3. The summed E-state index contributed by atoms with van der Waals surface area (Å²) in [6.07, 6.45) is 0.691. The maximum atomic E-state index is 12.9. The van der Waals surface area contributed by atoms with Gasteiger partial charge in [0, 0.05) is 10.6 Å². The molecule has 0 spiro atoms. The molecular formula is C19H22FN3O3S3. The number of ether oxygens (including phenoxy) is 1. The van der Waals surface area contributed by atoms with Gasteiger partial charge in [0.05, 0.1) is 18.4 Å². The van der Waals surface area contributed by atoms with Crippen LogP contribution in [0.1, 0.15) is 33.3 Å². The maximum absolute atomic E-state index is 12.9. The zero-order valence-corrected chi connectivity index (χ0v) is 18.7. The van der Waals surface area contributed by atoms with E-state index in [1.165, 1.54) is 42.3 Å². The van der Waals surface area contributed by atoms with E-state index in [0.717, 1.165) is 16.0 Å². The van der Waals surface area contributed by atoms with Crippen LogP contribution in [0.15, 0.2) is 24.3 Å². The number of methoxy groups -OCH3 is 1. The molecule has 0 aliphatic carbocycles. The van der Waals surface area contributed by atoms with E-state index in [4.69, 9.17) is 17.0 Å². The second kappa shape index (κ2) is 11.1. The van der Waals surface area contributed by atoms with Crippen LogP contribution < -0.4 is 16.2 Å². The molecule has 1 aromatic heterocycles. The average molecular weight is 456 g/mol. The molecule has 0 saturated heterocycles.